The molecule has 1 atom stereocenters. The summed E-state index contributed by atoms with van der Waals surface area (Å²) >= 11 is 0. The highest BCUT2D eigenvalue weighted by molar-refractivity contribution is 7.89. The lowest BCUT2D eigenvalue weighted by atomic mass is 9.96. The van der Waals surface area contributed by atoms with E-state index in [-0.39, 0.29) is 23.0 Å². The van der Waals surface area contributed by atoms with Gasteiger partial charge in [-0.25, -0.2) is 12.8 Å². The summed E-state index contributed by atoms with van der Waals surface area (Å²) in [7, 11) is -3.39. The molecule has 2 heterocycles. The summed E-state index contributed by atoms with van der Waals surface area (Å²) in [6.07, 6.45) is 1.44. The Balaban J connectivity index is 1.75. The first-order chi connectivity index (χ1) is 14.3. The van der Waals surface area contributed by atoms with Gasteiger partial charge in [-0.1, -0.05) is 38.1 Å². The van der Waals surface area contributed by atoms with Gasteiger partial charge in [0.15, 0.2) is 0 Å². The van der Waals surface area contributed by atoms with Gasteiger partial charge in [0, 0.05) is 23.2 Å². The normalized spacial score (nSPS) is 18.0. The molecule has 1 aliphatic rings. The fourth-order valence-electron chi connectivity index (χ4n) is 4.26. The van der Waals surface area contributed by atoms with E-state index >= 15 is 0 Å². The van der Waals surface area contributed by atoms with Crippen molar-refractivity contribution in [2.24, 2.45) is 5.92 Å². The Kier molecular flexibility index (Phi) is 5.51. The van der Waals surface area contributed by atoms with Crippen molar-refractivity contribution in [3.05, 3.63) is 70.3 Å². The number of hydrogen-bond donors (Lipinski definition) is 1. The third-order valence-corrected chi connectivity index (χ3v) is 7.66. The first-order valence-corrected chi connectivity index (χ1v) is 11.8. The molecule has 3 aromatic rings. The highest BCUT2D eigenvalue weighted by Gasteiger charge is 2.36. The van der Waals surface area contributed by atoms with Crippen LogP contribution >= 0.6 is 0 Å². The zero-order chi connectivity index (χ0) is 21.5. The first kappa shape index (κ1) is 20.8. The van der Waals surface area contributed by atoms with Crippen LogP contribution in [0.1, 0.15) is 38.3 Å². The first-order valence-electron chi connectivity index (χ1n) is 10.2. The maximum absolute atomic E-state index is 14.2. The van der Waals surface area contributed by atoms with E-state index in [0.717, 1.165) is 11.8 Å². The minimum atomic E-state index is -3.39. The van der Waals surface area contributed by atoms with E-state index < -0.39 is 16.1 Å². The zero-order valence-corrected chi connectivity index (χ0v) is 17.9. The Bertz CT molecular complexity index is 1250. The second-order valence-electron chi connectivity index (χ2n) is 8.15. The van der Waals surface area contributed by atoms with Gasteiger partial charge in [-0.05, 0) is 54.0 Å². The molecule has 0 saturated carbocycles. The van der Waals surface area contributed by atoms with Crippen LogP contribution in [0.15, 0.2) is 53.3 Å². The van der Waals surface area contributed by atoms with Crippen LogP contribution in [0.3, 0.4) is 0 Å². The number of nitrogens with one attached hydrogen (secondary N) is 1. The lowest BCUT2D eigenvalue weighted by Gasteiger charge is -2.35. The summed E-state index contributed by atoms with van der Waals surface area (Å²) < 4.78 is 40.9. The maximum Gasteiger partial charge on any atom is 0.253 e. The molecule has 1 saturated heterocycles. The molecule has 30 heavy (non-hydrogen) atoms. The second-order valence-corrected chi connectivity index (χ2v) is 10.2. The fourth-order valence-corrected chi connectivity index (χ4v) is 6.17. The Morgan fingerprint density at radius 3 is 2.57 bits per heavy atom. The Morgan fingerprint density at radius 1 is 1.07 bits per heavy atom. The molecular weight excluding hydrogens is 403 g/mol. The van der Waals surface area contributed by atoms with Crippen molar-refractivity contribution in [3.63, 3.8) is 0 Å². The molecule has 1 N–H and O–H groups in total. The lowest BCUT2D eigenvalue weighted by Crippen LogP contribution is -2.44. The molecule has 0 aliphatic carbocycles. The van der Waals surface area contributed by atoms with Crippen LogP contribution in [-0.4, -0.2) is 30.0 Å². The van der Waals surface area contributed by atoms with Crippen molar-refractivity contribution >= 4 is 20.8 Å². The monoisotopic (exact) mass is 428 g/mol. The van der Waals surface area contributed by atoms with Gasteiger partial charge in [0.25, 0.3) is 5.56 Å². The lowest BCUT2D eigenvalue weighted by molar-refractivity contribution is 0.248. The number of nitrogens with zero attached hydrogens (tertiary/aromatic N) is 1. The molecule has 158 valence electrons. The molecule has 5 nitrogen and oxygen atoms in total. The number of rotatable bonds is 4. The summed E-state index contributed by atoms with van der Waals surface area (Å²) in [5.41, 5.74) is 1.38. The number of aromatic amines is 1. The molecule has 1 aliphatic heterocycles. The van der Waals surface area contributed by atoms with Gasteiger partial charge < -0.3 is 4.98 Å². The average Bonchev–Trinajstić information content (AvgIpc) is 2.70. The van der Waals surface area contributed by atoms with Crippen LogP contribution in [0.2, 0.25) is 0 Å². The van der Waals surface area contributed by atoms with Crippen molar-refractivity contribution in [1.29, 1.82) is 0 Å². The quantitative estimate of drug-likeness (QED) is 0.667. The Morgan fingerprint density at radius 2 is 1.87 bits per heavy atom. The zero-order valence-electron chi connectivity index (χ0n) is 17.1. The average molecular weight is 429 g/mol. The van der Waals surface area contributed by atoms with E-state index in [1.54, 1.807) is 24.3 Å². The van der Waals surface area contributed by atoms with Gasteiger partial charge in [0.05, 0.1) is 11.8 Å². The molecule has 1 fully saturated rings. The summed E-state index contributed by atoms with van der Waals surface area (Å²) in [5, 5.41) is 1.27. The highest BCUT2D eigenvalue weighted by atomic mass is 32.2. The number of aromatic nitrogens is 1. The molecule has 7 heteroatoms. The van der Waals surface area contributed by atoms with Crippen LogP contribution in [-0.2, 0) is 10.0 Å². The Hall–Kier alpha value is -2.51. The van der Waals surface area contributed by atoms with Gasteiger partial charge in [-0.15, -0.1) is 0 Å². The highest BCUT2D eigenvalue weighted by Crippen LogP contribution is 2.33. The number of hydrogen-bond acceptors (Lipinski definition) is 3. The topological polar surface area (TPSA) is 70.2 Å². The standard InChI is InChI=1S/C23H25FN2O3S/c1-15(2)22(26-12-3-4-13-30(26,28)29)18-10-11-21(25-23(18)27)17-9-8-16-6-5-7-20(24)19(16)14-17/h5-11,14-15,22H,3-4,12-13H2,1-2H3,(H,25,27). The third-order valence-electron chi connectivity index (χ3n) is 5.73. The van der Waals surface area contributed by atoms with E-state index in [1.807, 2.05) is 32.0 Å². The minimum absolute atomic E-state index is 0.0559. The van der Waals surface area contributed by atoms with Crippen molar-refractivity contribution in [1.82, 2.24) is 9.29 Å². The number of fused-ring (bicyclic) bond motifs is 1. The van der Waals surface area contributed by atoms with Crippen molar-refractivity contribution in [2.75, 3.05) is 12.3 Å². The molecule has 4 rings (SSSR count). The Labute approximate surface area is 175 Å². The fraction of sp³-hybridized carbons (Fsp3) is 0.348. The molecule has 0 spiro atoms. The van der Waals surface area contributed by atoms with E-state index in [1.165, 1.54) is 10.4 Å². The van der Waals surface area contributed by atoms with E-state index in [9.17, 15) is 17.6 Å². The van der Waals surface area contributed by atoms with Gasteiger partial charge >= 0.3 is 0 Å². The molecule has 0 radical (unpaired) electrons. The van der Waals surface area contributed by atoms with Gasteiger partial charge in [-0.3, -0.25) is 4.79 Å². The van der Waals surface area contributed by atoms with Gasteiger partial charge in [0.2, 0.25) is 10.0 Å². The molecular formula is C23H25FN2O3S. The predicted octanol–water partition coefficient (Wildman–Crippen LogP) is 4.46. The van der Waals surface area contributed by atoms with Crippen molar-refractivity contribution in [3.8, 4) is 11.3 Å². The second kappa shape index (κ2) is 7.96. The number of pyridine rings is 1. The van der Waals surface area contributed by atoms with Crippen LogP contribution in [0, 0.1) is 11.7 Å². The van der Waals surface area contributed by atoms with E-state index in [2.05, 4.69) is 4.98 Å². The SMILES string of the molecule is CC(C)C(c1ccc(-c2ccc3cccc(F)c3c2)[nH]c1=O)N1CCCCS1(=O)=O. The maximum atomic E-state index is 14.2. The van der Waals surface area contributed by atoms with Gasteiger partial charge in [-0.2, -0.15) is 4.31 Å². The minimum Gasteiger partial charge on any atom is -0.322 e. The molecule has 0 amide bonds. The van der Waals surface area contributed by atoms with Crippen LogP contribution < -0.4 is 5.56 Å². The smallest absolute Gasteiger partial charge is 0.253 e. The van der Waals surface area contributed by atoms with E-state index in [4.69, 9.17) is 0 Å². The summed E-state index contributed by atoms with van der Waals surface area (Å²) in [6.45, 7) is 4.28. The summed E-state index contributed by atoms with van der Waals surface area (Å²) in [4.78, 5) is 15.9. The van der Waals surface area contributed by atoms with Gasteiger partial charge in [0.1, 0.15) is 5.82 Å². The number of sulfonamides is 1. The predicted molar refractivity (Wildman–Crippen MR) is 117 cm³/mol. The molecule has 1 aromatic heterocycles. The van der Waals surface area contributed by atoms with Crippen LogP contribution in [0.25, 0.3) is 22.0 Å². The molecule has 0 bridgehead atoms. The molecule has 2 aromatic carbocycles. The summed E-state index contributed by atoms with van der Waals surface area (Å²) in [6, 6.07) is 13.2. The number of halogens is 1. The van der Waals surface area contributed by atoms with Crippen molar-refractivity contribution in [2.45, 2.75) is 32.7 Å². The number of benzene rings is 2. The summed E-state index contributed by atoms with van der Waals surface area (Å²) in [5.74, 6) is -0.252. The van der Waals surface area contributed by atoms with E-state index in [0.29, 0.717) is 35.2 Å². The van der Waals surface area contributed by atoms with Crippen molar-refractivity contribution < 1.29 is 12.8 Å². The van der Waals surface area contributed by atoms with Crippen LogP contribution in [0.4, 0.5) is 4.39 Å². The van der Waals surface area contributed by atoms with Crippen LogP contribution in [0.5, 0.6) is 0 Å². The largest absolute Gasteiger partial charge is 0.322 e. The molecule has 1 unspecified atom stereocenters. The number of H-pyrrole nitrogens is 1. The third kappa shape index (κ3) is 3.79.